The van der Waals surface area contributed by atoms with E-state index in [1.54, 1.807) is 16.8 Å². The molecule has 1 saturated carbocycles. The maximum Gasteiger partial charge on any atom is 0.253 e. The topological polar surface area (TPSA) is 42.4 Å². The van der Waals surface area contributed by atoms with Crippen molar-refractivity contribution in [2.45, 2.75) is 32.4 Å². The average Bonchev–Trinajstić information content (AvgIpc) is 3.27. The summed E-state index contributed by atoms with van der Waals surface area (Å²) in [5.74, 6) is 1.42. The number of amides is 1. The summed E-state index contributed by atoms with van der Waals surface area (Å²) in [5.41, 5.74) is 3.36. The summed E-state index contributed by atoms with van der Waals surface area (Å²) in [5, 5.41) is 1.96. The zero-order valence-corrected chi connectivity index (χ0v) is 13.7. The van der Waals surface area contributed by atoms with E-state index in [-0.39, 0.29) is 5.91 Å². The van der Waals surface area contributed by atoms with Gasteiger partial charge in [0, 0.05) is 24.0 Å². The number of thiazole rings is 1. The molecule has 2 aromatic rings. The molecule has 4 nitrogen and oxygen atoms in total. The molecule has 1 atom stereocenters. The van der Waals surface area contributed by atoms with E-state index in [0.29, 0.717) is 29.9 Å². The lowest BCUT2D eigenvalue weighted by Crippen LogP contribution is -2.36. The molecule has 0 N–H and O–H groups in total. The van der Waals surface area contributed by atoms with E-state index in [1.165, 1.54) is 12.8 Å². The molecule has 1 amide bonds. The minimum Gasteiger partial charge on any atom is -0.487 e. The Hall–Kier alpha value is -1.88. The number of hydrogen-bond donors (Lipinski definition) is 0. The van der Waals surface area contributed by atoms with Crippen molar-refractivity contribution in [2.75, 3.05) is 7.05 Å². The summed E-state index contributed by atoms with van der Waals surface area (Å²) >= 11 is 1.55. The van der Waals surface area contributed by atoms with Crippen LogP contribution in [0.25, 0.3) is 0 Å². The van der Waals surface area contributed by atoms with Gasteiger partial charge in [-0.1, -0.05) is 6.07 Å². The summed E-state index contributed by atoms with van der Waals surface area (Å²) in [6, 6.07) is 7.68. The fraction of sp³-hybridized carbons (Fsp3) is 0.412. The van der Waals surface area contributed by atoms with E-state index in [2.05, 4.69) is 11.9 Å². The van der Waals surface area contributed by atoms with Crippen LogP contribution in [0.15, 0.2) is 35.2 Å². The van der Waals surface area contributed by atoms with Gasteiger partial charge in [-0.3, -0.25) is 4.79 Å². The monoisotopic (exact) mass is 316 g/mol. The normalized spacial score (nSPS) is 15.4. The molecule has 0 radical (unpaired) electrons. The summed E-state index contributed by atoms with van der Waals surface area (Å²) in [6.07, 6.45) is 2.46. The van der Waals surface area contributed by atoms with Crippen molar-refractivity contribution in [1.82, 2.24) is 9.88 Å². The minimum atomic E-state index is 0.0542. The Morgan fingerprint density at radius 2 is 2.32 bits per heavy atom. The van der Waals surface area contributed by atoms with E-state index < -0.39 is 0 Å². The first-order valence-electron chi connectivity index (χ1n) is 7.52. The molecule has 0 aliphatic heterocycles. The van der Waals surface area contributed by atoms with Crippen molar-refractivity contribution in [3.8, 4) is 5.75 Å². The summed E-state index contributed by atoms with van der Waals surface area (Å²) in [6.45, 7) is 2.55. The quantitative estimate of drug-likeness (QED) is 0.818. The molecule has 1 aliphatic carbocycles. The molecule has 3 rings (SSSR count). The Bertz CT molecular complexity index is 638. The van der Waals surface area contributed by atoms with Crippen LogP contribution in [-0.2, 0) is 6.61 Å². The van der Waals surface area contributed by atoms with Crippen LogP contribution in [0.3, 0.4) is 0 Å². The highest BCUT2D eigenvalue weighted by Gasteiger charge is 2.32. The highest BCUT2D eigenvalue weighted by atomic mass is 32.1. The number of rotatable bonds is 6. The van der Waals surface area contributed by atoms with Gasteiger partial charge in [0.15, 0.2) is 0 Å². The van der Waals surface area contributed by atoms with Gasteiger partial charge in [-0.05, 0) is 43.9 Å². The van der Waals surface area contributed by atoms with Crippen LogP contribution in [-0.4, -0.2) is 28.9 Å². The second-order valence-corrected chi connectivity index (χ2v) is 6.51. The number of hydrogen-bond acceptors (Lipinski definition) is 4. The Kier molecular flexibility index (Phi) is 4.43. The first kappa shape index (κ1) is 15.0. The molecule has 1 heterocycles. The standard InChI is InChI=1S/C17H20N2O2S/c1-12(13-6-7-13)19(2)17(20)14-4-3-5-16(8-14)21-9-15-10-22-11-18-15/h3-5,8,10-13H,6-7,9H2,1-2H3. The van der Waals surface area contributed by atoms with Crippen LogP contribution in [0, 0.1) is 5.92 Å². The van der Waals surface area contributed by atoms with Crippen molar-refractivity contribution in [2.24, 2.45) is 5.92 Å². The van der Waals surface area contributed by atoms with Crippen molar-refractivity contribution >= 4 is 17.2 Å². The van der Waals surface area contributed by atoms with Crippen LogP contribution in [0.5, 0.6) is 5.75 Å². The smallest absolute Gasteiger partial charge is 0.253 e. The Labute approximate surface area is 134 Å². The van der Waals surface area contributed by atoms with Crippen LogP contribution < -0.4 is 4.74 Å². The van der Waals surface area contributed by atoms with Crippen molar-refractivity contribution in [3.63, 3.8) is 0 Å². The van der Waals surface area contributed by atoms with Gasteiger partial charge in [0.1, 0.15) is 12.4 Å². The highest BCUT2D eigenvalue weighted by Crippen LogP contribution is 2.35. The summed E-state index contributed by atoms with van der Waals surface area (Å²) < 4.78 is 5.71. The SMILES string of the molecule is CC(C1CC1)N(C)C(=O)c1cccc(OCc2cscn2)c1. The molecule has 0 saturated heterocycles. The van der Waals surface area contributed by atoms with E-state index in [4.69, 9.17) is 4.74 Å². The van der Waals surface area contributed by atoms with Gasteiger partial charge in [-0.25, -0.2) is 4.98 Å². The zero-order chi connectivity index (χ0) is 15.5. The lowest BCUT2D eigenvalue weighted by Gasteiger charge is -2.25. The second-order valence-electron chi connectivity index (χ2n) is 5.79. The van der Waals surface area contributed by atoms with Crippen molar-refractivity contribution in [1.29, 1.82) is 0 Å². The van der Waals surface area contributed by atoms with Gasteiger partial charge in [-0.2, -0.15) is 0 Å². The lowest BCUT2D eigenvalue weighted by atomic mass is 10.1. The van der Waals surface area contributed by atoms with Crippen LogP contribution in [0.2, 0.25) is 0 Å². The molecule has 116 valence electrons. The summed E-state index contributed by atoms with van der Waals surface area (Å²) in [7, 11) is 1.88. The third-order valence-corrected chi connectivity index (χ3v) is 4.82. The minimum absolute atomic E-state index is 0.0542. The molecule has 0 bridgehead atoms. The molecule has 1 unspecified atom stereocenters. The van der Waals surface area contributed by atoms with Crippen LogP contribution in [0.1, 0.15) is 35.8 Å². The van der Waals surface area contributed by atoms with Crippen molar-refractivity contribution < 1.29 is 9.53 Å². The average molecular weight is 316 g/mol. The van der Waals surface area contributed by atoms with Crippen LogP contribution >= 0.6 is 11.3 Å². The third-order valence-electron chi connectivity index (χ3n) is 4.19. The number of aromatic nitrogens is 1. The van der Waals surface area contributed by atoms with E-state index in [0.717, 1.165) is 5.69 Å². The fourth-order valence-corrected chi connectivity index (χ4v) is 3.01. The van der Waals surface area contributed by atoms with E-state index in [1.807, 2.05) is 41.6 Å². The van der Waals surface area contributed by atoms with E-state index in [9.17, 15) is 4.79 Å². The molecule has 22 heavy (non-hydrogen) atoms. The first-order valence-corrected chi connectivity index (χ1v) is 8.46. The van der Waals surface area contributed by atoms with Gasteiger partial charge in [0.25, 0.3) is 5.91 Å². The maximum atomic E-state index is 12.6. The molecule has 1 fully saturated rings. The molecule has 5 heteroatoms. The Balaban J connectivity index is 1.65. The zero-order valence-electron chi connectivity index (χ0n) is 12.9. The van der Waals surface area contributed by atoms with Gasteiger partial charge >= 0.3 is 0 Å². The molecule has 1 aromatic heterocycles. The highest BCUT2D eigenvalue weighted by molar-refractivity contribution is 7.07. The lowest BCUT2D eigenvalue weighted by molar-refractivity contribution is 0.0727. The van der Waals surface area contributed by atoms with Crippen molar-refractivity contribution in [3.05, 3.63) is 46.4 Å². The van der Waals surface area contributed by atoms with Gasteiger partial charge in [0.2, 0.25) is 0 Å². The number of nitrogens with zero attached hydrogens (tertiary/aromatic N) is 2. The Morgan fingerprint density at radius 1 is 1.50 bits per heavy atom. The molecule has 1 aromatic carbocycles. The number of carbonyl (C=O) groups is 1. The molecular formula is C17H20N2O2S. The number of ether oxygens (including phenoxy) is 1. The van der Waals surface area contributed by atoms with Crippen LogP contribution in [0.4, 0.5) is 0 Å². The number of carbonyl (C=O) groups excluding carboxylic acids is 1. The summed E-state index contributed by atoms with van der Waals surface area (Å²) in [4.78, 5) is 18.6. The molecule has 0 spiro atoms. The van der Waals surface area contributed by atoms with E-state index >= 15 is 0 Å². The first-order chi connectivity index (χ1) is 10.6. The van der Waals surface area contributed by atoms with Gasteiger partial charge < -0.3 is 9.64 Å². The largest absolute Gasteiger partial charge is 0.487 e. The number of benzene rings is 1. The maximum absolute atomic E-state index is 12.6. The van der Waals surface area contributed by atoms with Gasteiger partial charge in [0.05, 0.1) is 11.2 Å². The molecule has 1 aliphatic rings. The predicted octanol–water partition coefficient (Wildman–Crippen LogP) is 3.59. The fourth-order valence-electron chi connectivity index (χ4n) is 2.47. The predicted molar refractivity (Wildman–Crippen MR) is 87.2 cm³/mol. The second kappa shape index (κ2) is 6.48. The third kappa shape index (κ3) is 3.47. The Morgan fingerprint density at radius 3 is 3.00 bits per heavy atom. The van der Waals surface area contributed by atoms with Gasteiger partial charge in [-0.15, -0.1) is 11.3 Å². The molecular weight excluding hydrogens is 296 g/mol.